The molecule has 1 heterocycles. The summed E-state index contributed by atoms with van der Waals surface area (Å²) in [5, 5.41) is 23.4. The van der Waals surface area contributed by atoms with Gasteiger partial charge >= 0.3 is 6.09 Å². The lowest BCUT2D eigenvalue weighted by Gasteiger charge is -2.37. The molecule has 41 heavy (non-hydrogen) atoms. The highest BCUT2D eigenvalue weighted by atomic mass is 16.4. The molecule has 0 radical (unpaired) electrons. The van der Waals surface area contributed by atoms with Crippen molar-refractivity contribution < 1.29 is 19.1 Å². The zero-order chi connectivity index (χ0) is 28.5. The second-order valence-electron chi connectivity index (χ2n) is 9.62. The standard InChI is InChI=1S/C33H30N4O4/c38-29(23-28(34-32(39)40)31-37-36-30(41-31)22-21-24-13-5-1-6-14-24)35-33(25-15-7-2-8-16-25,26-17-9-3-10-18-26)27-19-11-4-12-20-27/h1-20,28,34H,21-23H2,(H,35,38)(H,39,40)/t28-/m1/s1. The normalized spacial score (nSPS) is 11.9. The van der Waals surface area contributed by atoms with Crippen LogP contribution in [0.1, 0.15) is 46.5 Å². The molecule has 5 aromatic rings. The first-order chi connectivity index (χ1) is 20.0. The number of rotatable bonds is 11. The van der Waals surface area contributed by atoms with Crippen LogP contribution in [0.25, 0.3) is 0 Å². The van der Waals surface area contributed by atoms with Crippen LogP contribution in [0.3, 0.4) is 0 Å². The van der Waals surface area contributed by atoms with Crippen molar-refractivity contribution in [3.63, 3.8) is 0 Å². The number of nitrogens with one attached hydrogen (secondary N) is 2. The van der Waals surface area contributed by atoms with E-state index in [2.05, 4.69) is 20.8 Å². The molecule has 0 saturated carbocycles. The third-order valence-electron chi connectivity index (χ3n) is 6.89. The quantitative estimate of drug-likeness (QED) is 0.184. The van der Waals surface area contributed by atoms with Gasteiger partial charge in [0, 0.05) is 6.42 Å². The van der Waals surface area contributed by atoms with Gasteiger partial charge in [-0.3, -0.25) is 4.79 Å². The van der Waals surface area contributed by atoms with E-state index in [0.29, 0.717) is 18.7 Å². The average Bonchev–Trinajstić information content (AvgIpc) is 3.49. The van der Waals surface area contributed by atoms with Gasteiger partial charge in [-0.25, -0.2) is 4.79 Å². The highest BCUT2D eigenvalue weighted by Crippen LogP contribution is 2.37. The number of carboxylic acid groups (broad SMARTS) is 1. The molecule has 8 heteroatoms. The predicted octanol–water partition coefficient (Wildman–Crippen LogP) is 5.66. The monoisotopic (exact) mass is 546 g/mol. The first-order valence-corrected chi connectivity index (χ1v) is 13.4. The summed E-state index contributed by atoms with van der Waals surface area (Å²) in [6, 6.07) is 37.9. The van der Waals surface area contributed by atoms with E-state index in [1.54, 1.807) is 0 Å². The Bertz CT molecular complexity index is 1460. The van der Waals surface area contributed by atoms with E-state index in [9.17, 15) is 14.7 Å². The summed E-state index contributed by atoms with van der Waals surface area (Å²) in [4.78, 5) is 25.5. The number of benzene rings is 4. The lowest BCUT2D eigenvalue weighted by Crippen LogP contribution is -2.48. The summed E-state index contributed by atoms with van der Waals surface area (Å²) >= 11 is 0. The third-order valence-corrected chi connectivity index (χ3v) is 6.89. The van der Waals surface area contributed by atoms with Gasteiger partial charge in [0.1, 0.15) is 11.6 Å². The van der Waals surface area contributed by atoms with Crippen LogP contribution in [0, 0.1) is 0 Å². The molecule has 0 fully saturated rings. The molecule has 0 unspecified atom stereocenters. The third kappa shape index (κ3) is 6.50. The molecule has 4 aromatic carbocycles. The number of aryl methyl sites for hydroxylation is 2. The van der Waals surface area contributed by atoms with Gasteiger partial charge in [-0.15, -0.1) is 10.2 Å². The predicted molar refractivity (Wildman–Crippen MR) is 154 cm³/mol. The van der Waals surface area contributed by atoms with Gasteiger partial charge in [0.15, 0.2) is 0 Å². The SMILES string of the molecule is O=C(O)N[C@H](CC(=O)NC(c1ccccc1)(c1ccccc1)c1ccccc1)c1nnc(CCc2ccccc2)o1. The summed E-state index contributed by atoms with van der Waals surface area (Å²) in [7, 11) is 0. The van der Waals surface area contributed by atoms with E-state index < -0.39 is 23.6 Å². The topological polar surface area (TPSA) is 117 Å². The van der Waals surface area contributed by atoms with E-state index in [4.69, 9.17) is 4.42 Å². The molecule has 8 nitrogen and oxygen atoms in total. The van der Waals surface area contributed by atoms with Crippen LogP contribution >= 0.6 is 0 Å². The summed E-state index contributed by atoms with van der Waals surface area (Å²) in [5.74, 6) is 0.00773. The molecule has 2 amide bonds. The Morgan fingerprint density at radius 2 is 1.20 bits per heavy atom. The van der Waals surface area contributed by atoms with Crippen LogP contribution in [-0.2, 0) is 23.2 Å². The van der Waals surface area contributed by atoms with E-state index in [0.717, 1.165) is 22.3 Å². The number of hydrogen-bond acceptors (Lipinski definition) is 5. The van der Waals surface area contributed by atoms with Gasteiger partial charge in [-0.2, -0.15) is 0 Å². The number of aromatic nitrogens is 2. The van der Waals surface area contributed by atoms with Crippen LogP contribution < -0.4 is 10.6 Å². The fraction of sp³-hybridized carbons (Fsp3) is 0.152. The van der Waals surface area contributed by atoms with Crippen molar-refractivity contribution >= 4 is 12.0 Å². The van der Waals surface area contributed by atoms with Gasteiger partial charge in [-0.05, 0) is 28.7 Å². The molecule has 206 valence electrons. The van der Waals surface area contributed by atoms with E-state index in [1.165, 1.54) is 0 Å². The summed E-state index contributed by atoms with van der Waals surface area (Å²) < 4.78 is 5.83. The summed E-state index contributed by atoms with van der Waals surface area (Å²) in [6.07, 6.45) is -0.372. The first-order valence-electron chi connectivity index (χ1n) is 13.4. The van der Waals surface area contributed by atoms with Crippen molar-refractivity contribution in [2.24, 2.45) is 0 Å². The zero-order valence-corrected chi connectivity index (χ0v) is 22.3. The Hall–Kier alpha value is -5.24. The highest BCUT2D eigenvalue weighted by Gasteiger charge is 2.38. The smallest absolute Gasteiger partial charge is 0.405 e. The van der Waals surface area contributed by atoms with Crippen LogP contribution in [-0.4, -0.2) is 27.3 Å². The Labute approximate surface area is 238 Å². The second kappa shape index (κ2) is 12.7. The lowest BCUT2D eigenvalue weighted by atomic mass is 9.77. The summed E-state index contributed by atoms with van der Waals surface area (Å²) in [6.45, 7) is 0. The molecular weight excluding hydrogens is 516 g/mol. The van der Waals surface area contributed by atoms with Crippen LogP contribution in [0.15, 0.2) is 126 Å². The Kier molecular flexibility index (Phi) is 8.49. The number of carbonyl (C=O) groups excluding carboxylic acids is 1. The largest absolute Gasteiger partial charge is 0.465 e. The van der Waals surface area contributed by atoms with Gasteiger partial charge in [0.2, 0.25) is 17.7 Å². The van der Waals surface area contributed by atoms with Gasteiger partial charge in [-0.1, -0.05) is 121 Å². The average molecular weight is 547 g/mol. The fourth-order valence-corrected chi connectivity index (χ4v) is 4.98. The molecule has 1 aromatic heterocycles. The van der Waals surface area contributed by atoms with Crippen LogP contribution in [0.2, 0.25) is 0 Å². The molecule has 1 atom stereocenters. The number of hydrogen-bond donors (Lipinski definition) is 3. The van der Waals surface area contributed by atoms with Crippen molar-refractivity contribution in [3.8, 4) is 0 Å². The minimum absolute atomic E-state index is 0.0374. The number of carbonyl (C=O) groups is 2. The highest BCUT2D eigenvalue weighted by molar-refractivity contribution is 5.80. The van der Waals surface area contributed by atoms with Crippen molar-refractivity contribution in [1.29, 1.82) is 0 Å². The molecule has 0 aliphatic heterocycles. The van der Waals surface area contributed by atoms with Crippen molar-refractivity contribution in [2.75, 3.05) is 0 Å². The molecule has 0 aliphatic rings. The van der Waals surface area contributed by atoms with Gasteiger partial charge in [0.25, 0.3) is 0 Å². The molecule has 0 bridgehead atoms. The Morgan fingerprint density at radius 1 is 0.707 bits per heavy atom. The van der Waals surface area contributed by atoms with Crippen molar-refractivity contribution in [3.05, 3.63) is 155 Å². The van der Waals surface area contributed by atoms with E-state index >= 15 is 0 Å². The van der Waals surface area contributed by atoms with Gasteiger partial charge in [0.05, 0.1) is 6.42 Å². The van der Waals surface area contributed by atoms with Crippen molar-refractivity contribution in [2.45, 2.75) is 30.8 Å². The van der Waals surface area contributed by atoms with Crippen LogP contribution in [0.5, 0.6) is 0 Å². The fourth-order valence-electron chi connectivity index (χ4n) is 4.98. The molecule has 0 spiro atoms. The maximum absolute atomic E-state index is 13.8. The van der Waals surface area contributed by atoms with Gasteiger partial charge < -0.3 is 20.2 Å². The molecule has 0 aliphatic carbocycles. The molecule has 5 rings (SSSR count). The van der Waals surface area contributed by atoms with E-state index in [1.807, 2.05) is 121 Å². The first kappa shape index (κ1) is 27.3. The minimum Gasteiger partial charge on any atom is -0.465 e. The number of nitrogens with zero attached hydrogens (tertiary/aromatic N) is 2. The Morgan fingerprint density at radius 3 is 1.68 bits per heavy atom. The molecule has 3 N–H and O–H groups in total. The number of amides is 2. The molecular formula is C33H30N4O4. The van der Waals surface area contributed by atoms with Crippen molar-refractivity contribution in [1.82, 2.24) is 20.8 Å². The zero-order valence-electron chi connectivity index (χ0n) is 22.3. The second-order valence-corrected chi connectivity index (χ2v) is 9.62. The van der Waals surface area contributed by atoms with E-state index in [-0.39, 0.29) is 12.3 Å². The maximum atomic E-state index is 13.8. The Balaban J connectivity index is 1.44. The summed E-state index contributed by atoms with van der Waals surface area (Å²) in [5.41, 5.74) is 2.65. The maximum Gasteiger partial charge on any atom is 0.405 e. The lowest BCUT2D eigenvalue weighted by molar-refractivity contribution is -0.123. The molecule has 0 saturated heterocycles. The minimum atomic E-state index is -1.30. The van der Waals surface area contributed by atoms with Crippen LogP contribution in [0.4, 0.5) is 4.79 Å².